The summed E-state index contributed by atoms with van der Waals surface area (Å²) in [6.07, 6.45) is 0. The minimum Gasteiger partial charge on any atom is -0.458 e. The molecule has 3 heterocycles. The standard InChI is InChI=1S/C48H46BNO3/c1-46(2,3)29-17-22-32(23-18-29)50(33-24-19-30(20-25-33)47(4,5)6)37-28-36-44(45-42(37)34-13-10-11-14-38(34)52-45)53-41-16-12-15-40-43(41)49(36)35-27-31(48(7,8)9)21-26-39(35)51-40/h10-28H,1-9H3. The maximum absolute atomic E-state index is 6.94. The van der Waals surface area contributed by atoms with E-state index in [1.54, 1.807) is 0 Å². The molecule has 0 unspecified atom stereocenters. The van der Waals surface area contributed by atoms with Gasteiger partial charge in [-0.25, -0.2) is 0 Å². The topological polar surface area (TPSA) is 34.8 Å². The minimum absolute atomic E-state index is 0.0301. The van der Waals surface area contributed by atoms with Gasteiger partial charge in [0.2, 0.25) is 0 Å². The summed E-state index contributed by atoms with van der Waals surface area (Å²) < 4.78 is 20.4. The molecular formula is C48H46BNO3. The Hall–Kier alpha value is -5.42. The SMILES string of the molecule is CC(C)(C)c1ccc(N(c2ccc(C(C)(C)C)cc2)c2cc3c(c4oc5ccccc5c24)Oc2cccc4c2B3c2cc(C(C)(C)C)ccc2O4)cc1. The summed E-state index contributed by atoms with van der Waals surface area (Å²) in [6, 6.07) is 41.6. The molecule has 0 atom stereocenters. The van der Waals surface area contributed by atoms with Gasteiger partial charge in [0.15, 0.2) is 11.3 Å². The van der Waals surface area contributed by atoms with Crippen molar-refractivity contribution in [1.29, 1.82) is 0 Å². The first-order chi connectivity index (χ1) is 25.2. The predicted octanol–water partition coefficient (Wildman–Crippen LogP) is 11.7. The molecule has 7 aromatic rings. The smallest absolute Gasteiger partial charge is 0.260 e. The van der Waals surface area contributed by atoms with Crippen LogP contribution >= 0.6 is 0 Å². The molecule has 4 nitrogen and oxygen atoms in total. The van der Waals surface area contributed by atoms with Crippen molar-refractivity contribution < 1.29 is 13.9 Å². The molecule has 0 fully saturated rings. The normalized spacial score (nSPS) is 13.6. The summed E-state index contributed by atoms with van der Waals surface area (Å²) in [5.41, 5.74) is 11.9. The van der Waals surface area contributed by atoms with Crippen LogP contribution in [0, 0.1) is 0 Å². The van der Waals surface area contributed by atoms with Gasteiger partial charge in [0, 0.05) is 22.2 Å². The average molecular weight is 696 g/mol. The van der Waals surface area contributed by atoms with Gasteiger partial charge in [-0.1, -0.05) is 123 Å². The van der Waals surface area contributed by atoms with Crippen LogP contribution in [-0.2, 0) is 16.2 Å². The summed E-state index contributed by atoms with van der Waals surface area (Å²) in [5.74, 6) is 3.26. The summed E-state index contributed by atoms with van der Waals surface area (Å²) in [6.45, 7) is 20.2. The molecule has 0 radical (unpaired) electrons. The number of ether oxygens (including phenoxy) is 2. The zero-order valence-corrected chi connectivity index (χ0v) is 32.2. The molecule has 0 amide bonds. The number of furan rings is 1. The molecule has 53 heavy (non-hydrogen) atoms. The van der Waals surface area contributed by atoms with Gasteiger partial charge in [-0.15, -0.1) is 0 Å². The first-order valence-electron chi connectivity index (χ1n) is 18.8. The summed E-state index contributed by atoms with van der Waals surface area (Å²) in [7, 11) is 0. The van der Waals surface area contributed by atoms with E-state index in [0.29, 0.717) is 0 Å². The number of nitrogens with zero attached hydrogens (tertiary/aromatic N) is 1. The number of para-hydroxylation sites is 1. The van der Waals surface area contributed by atoms with Crippen molar-refractivity contribution in [2.24, 2.45) is 0 Å². The van der Waals surface area contributed by atoms with Crippen LogP contribution in [0.4, 0.5) is 17.1 Å². The molecule has 0 N–H and O–H groups in total. The Balaban J connectivity index is 1.37. The Morgan fingerprint density at radius 1 is 0.509 bits per heavy atom. The summed E-state index contributed by atoms with van der Waals surface area (Å²) in [5, 5.41) is 2.07. The zero-order chi connectivity index (χ0) is 37.0. The van der Waals surface area contributed by atoms with Crippen LogP contribution < -0.4 is 30.8 Å². The monoisotopic (exact) mass is 695 g/mol. The quantitative estimate of drug-likeness (QED) is 0.172. The molecule has 0 aliphatic carbocycles. The number of fused-ring (bicyclic) bond motifs is 8. The Bertz CT molecular complexity index is 2500. The van der Waals surface area contributed by atoms with E-state index >= 15 is 0 Å². The fraction of sp³-hybridized carbons (Fsp3) is 0.250. The number of hydrogen-bond donors (Lipinski definition) is 0. The maximum Gasteiger partial charge on any atom is 0.260 e. The lowest BCUT2D eigenvalue weighted by atomic mass is 9.34. The van der Waals surface area contributed by atoms with Crippen molar-refractivity contribution in [3.05, 3.63) is 132 Å². The Morgan fingerprint density at radius 3 is 1.68 bits per heavy atom. The Kier molecular flexibility index (Phi) is 7.28. The average Bonchev–Trinajstić information content (AvgIpc) is 3.51. The zero-order valence-electron chi connectivity index (χ0n) is 32.2. The molecule has 9 rings (SSSR count). The van der Waals surface area contributed by atoms with E-state index in [1.165, 1.54) is 16.7 Å². The van der Waals surface area contributed by atoms with Crippen LogP contribution in [0.5, 0.6) is 23.0 Å². The van der Waals surface area contributed by atoms with Crippen LogP contribution in [0.15, 0.2) is 120 Å². The molecular weight excluding hydrogens is 649 g/mol. The molecule has 1 aromatic heterocycles. The maximum atomic E-state index is 6.94. The van der Waals surface area contributed by atoms with E-state index in [4.69, 9.17) is 13.9 Å². The first-order valence-corrected chi connectivity index (χ1v) is 18.8. The lowest BCUT2D eigenvalue weighted by molar-refractivity contribution is 0.461. The van der Waals surface area contributed by atoms with Gasteiger partial charge >= 0.3 is 0 Å². The predicted molar refractivity (Wildman–Crippen MR) is 222 cm³/mol. The van der Waals surface area contributed by atoms with Crippen LogP contribution in [0.3, 0.4) is 0 Å². The van der Waals surface area contributed by atoms with Gasteiger partial charge in [0.25, 0.3) is 6.71 Å². The molecule has 2 aliphatic heterocycles. The fourth-order valence-corrected chi connectivity index (χ4v) is 8.05. The minimum atomic E-state index is -0.124. The summed E-state index contributed by atoms with van der Waals surface area (Å²) in [4.78, 5) is 2.40. The van der Waals surface area contributed by atoms with E-state index in [-0.39, 0.29) is 23.0 Å². The molecule has 5 heteroatoms. The Labute approximate surface area is 313 Å². The van der Waals surface area contributed by atoms with Crippen molar-refractivity contribution in [2.75, 3.05) is 4.90 Å². The number of hydrogen-bond acceptors (Lipinski definition) is 4. The summed E-state index contributed by atoms with van der Waals surface area (Å²) >= 11 is 0. The molecule has 0 saturated carbocycles. The van der Waals surface area contributed by atoms with Crippen molar-refractivity contribution in [3.63, 3.8) is 0 Å². The number of rotatable bonds is 3. The van der Waals surface area contributed by atoms with Crippen molar-refractivity contribution >= 4 is 62.1 Å². The number of anilines is 3. The lowest BCUT2D eigenvalue weighted by Crippen LogP contribution is -2.57. The van der Waals surface area contributed by atoms with Crippen LogP contribution in [0.2, 0.25) is 0 Å². The second-order valence-electron chi connectivity index (χ2n) is 17.9. The van der Waals surface area contributed by atoms with Gasteiger partial charge in [-0.2, -0.15) is 0 Å². The highest BCUT2D eigenvalue weighted by molar-refractivity contribution is 6.98. The third kappa shape index (κ3) is 5.43. The highest BCUT2D eigenvalue weighted by Crippen LogP contribution is 2.48. The van der Waals surface area contributed by atoms with E-state index in [1.807, 2.05) is 12.1 Å². The van der Waals surface area contributed by atoms with Gasteiger partial charge < -0.3 is 18.8 Å². The third-order valence-corrected chi connectivity index (χ3v) is 11.1. The second kappa shape index (κ2) is 11.5. The van der Waals surface area contributed by atoms with E-state index in [2.05, 4.69) is 170 Å². The molecule has 6 aromatic carbocycles. The molecule has 264 valence electrons. The lowest BCUT2D eigenvalue weighted by Gasteiger charge is -2.35. The third-order valence-electron chi connectivity index (χ3n) is 11.1. The molecule has 0 spiro atoms. The molecule has 2 aliphatic rings. The number of benzene rings is 6. The van der Waals surface area contributed by atoms with Crippen molar-refractivity contribution in [3.8, 4) is 23.0 Å². The fourth-order valence-electron chi connectivity index (χ4n) is 8.05. The van der Waals surface area contributed by atoms with Gasteiger partial charge in [-0.05, 0) is 98.5 Å². The first kappa shape index (κ1) is 33.4. The largest absolute Gasteiger partial charge is 0.458 e. The van der Waals surface area contributed by atoms with Gasteiger partial charge in [0.05, 0.1) is 11.1 Å². The molecule has 0 bridgehead atoms. The van der Waals surface area contributed by atoms with E-state index < -0.39 is 0 Å². The van der Waals surface area contributed by atoms with Crippen LogP contribution in [0.25, 0.3) is 21.9 Å². The van der Waals surface area contributed by atoms with E-state index in [0.717, 1.165) is 78.4 Å². The highest BCUT2D eigenvalue weighted by atomic mass is 16.5. The van der Waals surface area contributed by atoms with Crippen molar-refractivity contribution in [1.82, 2.24) is 0 Å². The van der Waals surface area contributed by atoms with Gasteiger partial charge in [-0.3, -0.25) is 0 Å². The van der Waals surface area contributed by atoms with E-state index in [9.17, 15) is 0 Å². The van der Waals surface area contributed by atoms with Gasteiger partial charge in [0.1, 0.15) is 22.8 Å². The highest BCUT2D eigenvalue weighted by Gasteiger charge is 2.43. The van der Waals surface area contributed by atoms with Crippen molar-refractivity contribution in [2.45, 2.75) is 78.6 Å². The second-order valence-corrected chi connectivity index (χ2v) is 17.9. The Morgan fingerprint density at radius 2 is 1.08 bits per heavy atom. The van der Waals surface area contributed by atoms with Crippen LogP contribution in [0.1, 0.15) is 79.0 Å². The van der Waals surface area contributed by atoms with Crippen LogP contribution in [-0.4, -0.2) is 6.71 Å². The molecule has 0 saturated heterocycles.